The van der Waals surface area contributed by atoms with Gasteiger partial charge in [-0.15, -0.1) is 0 Å². The minimum Gasteiger partial charge on any atom is -0.379 e. The first-order valence-corrected chi connectivity index (χ1v) is 7.59. The lowest BCUT2D eigenvalue weighted by Gasteiger charge is -2.37. The van der Waals surface area contributed by atoms with Crippen molar-refractivity contribution in [3.05, 3.63) is 11.7 Å². The van der Waals surface area contributed by atoms with Crippen LogP contribution in [0.3, 0.4) is 0 Å². The Bertz CT molecular complexity index is 413. The fourth-order valence-electron chi connectivity index (χ4n) is 2.41. The number of aryl methyl sites for hydroxylation is 1. The van der Waals surface area contributed by atoms with Crippen LogP contribution in [0.1, 0.15) is 24.7 Å². The molecule has 0 bridgehead atoms. The zero-order valence-electron chi connectivity index (χ0n) is 13.2. The third-order valence-corrected chi connectivity index (χ3v) is 3.69. The molecule has 0 aliphatic carbocycles. The van der Waals surface area contributed by atoms with Gasteiger partial charge >= 0.3 is 0 Å². The van der Waals surface area contributed by atoms with Gasteiger partial charge in [-0.05, 0) is 20.9 Å². The minimum atomic E-state index is 0.170. The van der Waals surface area contributed by atoms with Crippen LogP contribution >= 0.6 is 0 Å². The summed E-state index contributed by atoms with van der Waals surface area (Å²) in [6.07, 6.45) is 0. The van der Waals surface area contributed by atoms with Crippen LogP contribution in [-0.2, 0) is 9.47 Å². The molecule has 0 radical (unpaired) electrons. The van der Waals surface area contributed by atoms with Gasteiger partial charge < -0.3 is 14.0 Å². The van der Waals surface area contributed by atoms with Gasteiger partial charge in [0.15, 0.2) is 5.82 Å². The van der Waals surface area contributed by atoms with E-state index in [2.05, 4.69) is 27.0 Å². The summed E-state index contributed by atoms with van der Waals surface area (Å²) in [6, 6.07) is 0.170. The van der Waals surface area contributed by atoms with Crippen LogP contribution in [0.4, 0.5) is 0 Å². The molecule has 1 fully saturated rings. The lowest BCUT2D eigenvalue weighted by molar-refractivity contribution is 0.0240. The minimum absolute atomic E-state index is 0.170. The molecule has 1 saturated heterocycles. The van der Waals surface area contributed by atoms with Gasteiger partial charge in [0.05, 0.1) is 19.8 Å². The van der Waals surface area contributed by atoms with Crippen molar-refractivity contribution in [3.8, 4) is 0 Å². The van der Waals surface area contributed by atoms with Crippen molar-refractivity contribution in [1.29, 1.82) is 0 Å². The number of nitrogens with zero attached hydrogens (tertiary/aromatic N) is 4. The second kappa shape index (κ2) is 8.43. The SMILES string of the molecule is CCOCCOCCN1CCN(C)C(c2nc(C)no2)C1. The lowest BCUT2D eigenvalue weighted by atomic mass is 10.2. The van der Waals surface area contributed by atoms with E-state index < -0.39 is 0 Å². The molecule has 1 aliphatic rings. The summed E-state index contributed by atoms with van der Waals surface area (Å²) >= 11 is 0. The third kappa shape index (κ3) is 5.03. The average Bonchev–Trinajstić information content (AvgIpc) is 2.90. The Morgan fingerprint density at radius 3 is 2.76 bits per heavy atom. The fourth-order valence-corrected chi connectivity index (χ4v) is 2.41. The van der Waals surface area contributed by atoms with Gasteiger partial charge in [-0.1, -0.05) is 5.16 Å². The Kier molecular flexibility index (Phi) is 6.56. The summed E-state index contributed by atoms with van der Waals surface area (Å²) in [5.74, 6) is 1.40. The van der Waals surface area contributed by atoms with Crippen molar-refractivity contribution in [2.45, 2.75) is 19.9 Å². The Morgan fingerprint density at radius 1 is 1.24 bits per heavy atom. The maximum absolute atomic E-state index is 5.58. The van der Waals surface area contributed by atoms with E-state index in [0.717, 1.165) is 39.4 Å². The number of hydrogen-bond donors (Lipinski definition) is 0. The van der Waals surface area contributed by atoms with Gasteiger partial charge in [0.1, 0.15) is 6.04 Å². The van der Waals surface area contributed by atoms with Gasteiger partial charge in [0.25, 0.3) is 0 Å². The Balaban J connectivity index is 1.73. The van der Waals surface area contributed by atoms with E-state index in [1.165, 1.54) is 0 Å². The van der Waals surface area contributed by atoms with Crippen molar-refractivity contribution in [1.82, 2.24) is 19.9 Å². The van der Waals surface area contributed by atoms with E-state index in [1.807, 2.05) is 13.8 Å². The Hall–Kier alpha value is -1.02. The molecule has 1 aliphatic heterocycles. The van der Waals surface area contributed by atoms with Crippen molar-refractivity contribution < 1.29 is 14.0 Å². The zero-order valence-corrected chi connectivity index (χ0v) is 13.2. The number of hydrogen-bond acceptors (Lipinski definition) is 7. The molecule has 21 heavy (non-hydrogen) atoms. The highest BCUT2D eigenvalue weighted by Gasteiger charge is 2.29. The molecular formula is C14H26N4O3. The molecule has 0 spiro atoms. The molecule has 0 amide bonds. The molecule has 1 aromatic rings. The van der Waals surface area contributed by atoms with Crippen molar-refractivity contribution in [2.75, 3.05) is 59.7 Å². The molecule has 0 N–H and O–H groups in total. The summed E-state index contributed by atoms with van der Waals surface area (Å²) in [5, 5.41) is 3.89. The summed E-state index contributed by atoms with van der Waals surface area (Å²) in [4.78, 5) is 9.00. The quantitative estimate of drug-likeness (QED) is 0.655. The number of likely N-dealkylation sites (N-methyl/N-ethyl adjacent to an activating group) is 1. The molecule has 7 nitrogen and oxygen atoms in total. The van der Waals surface area contributed by atoms with E-state index in [1.54, 1.807) is 0 Å². The zero-order chi connectivity index (χ0) is 15.1. The smallest absolute Gasteiger partial charge is 0.245 e. The maximum atomic E-state index is 5.58. The maximum Gasteiger partial charge on any atom is 0.245 e. The van der Waals surface area contributed by atoms with Gasteiger partial charge in [-0.2, -0.15) is 4.98 Å². The van der Waals surface area contributed by atoms with Crippen LogP contribution in [-0.4, -0.2) is 79.6 Å². The standard InChI is InChI=1S/C14H26N4O3/c1-4-19-9-10-20-8-7-18-6-5-17(3)13(11-18)14-15-12(2)16-21-14/h13H,4-11H2,1-3H3. The highest BCUT2D eigenvalue weighted by Crippen LogP contribution is 2.22. The van der Waals surface area contributed by atoms with Gasteiger partial charge in [-0.3, -0.25) is 9.80 Å². The average molecular weight is 298 g/mol. The molecular weight excluding hydrogens is 272 g/mol. The van der Waals surface area contributed by atoms with Crippen molar-refractivity contribution >= 4 is 0 Å². The summed E-state index contributed by atoms with van der Waals surface area (Å²) in [5.41, 5.74) is 0. The van der Waals surface area contributed by atoms with Gasteiger partial charge in [0, 0.05) is 32.8 Å². The van der Waals surface area contributed by atoms with E-state index in [0.29, 0.717) is 24.9 Å². The largest absolute Gasteiger partial charge is 0.379 e. The molecule has 120 valence electrons. The molecule has 1 atom stereocenters. The first-order chi connectivity index (χ1) is 10.2. The van der Waals surface area contributed by atoms with Crippen LogP contribution in [0.15, 0.2) is 4.52 Å². The number of aromatic nitrogens is 2. The lowest BCUT2D eigenvalue weighted by Crippen LogP contribution is -2.47. The highest BCUT2D eigenvalue weighted by molar-refractivity contribution is 4.95. The van der Waals surface area contributed by atoms with Crippen LogP contribution in [0.25, 0.3) is 0 Å². The normalized spacial score (nSPS) is 21.0. The van der Waals surface area contributed by atoms with E-state index in [4.69, 9.17) is 14.0 Å². The Morgan fingerprint density at radius 2 is 2.05 bits per heavy atom. The summed E-state index contributed by atoms with van der Waals surface area (Å²) < 4.78 is 16.1. The molecule has 2 heterocycles. The monoisotopic (exact) mass is 298 g/mol. The van der Waals surface area contributed by atoms with E-state index >= 15 is 0 Å². The van der Waals surface area contributed by atoms with Crippen molar-refractivity contribution in [3.63, 3.8) is 0 Å². The molecule has 1 unspecified atom stereocenters. The van der Waals surface area contributed by atoms with Gasteiger partial charge in [-0.25, -0.2) is 0 Å². The predicted octanol–water partition coefficient (Wildman–Crippen LogP) is 0.720. The molecule has 2 rings (SSSR count). The number of ether oxygens (including phenoxy) is 2. The predicted molar refractivity (Wildman–Crippen MR) is 78.2 cm³/mol. The molecule has 7 heteroatoms. The summed E-state index contributed by atoms with van der Waals surface area (Å²) in [6.45, 7) is 10.5. The fraction of sp³-hybridized carbons (Fsp3) is 0.857. The topological polar surface area (TPSA) is 63.9 Å². The van der Waals surface area contributed by atoms with Crippen LogP contribution in [0.2, 0.25) is 0 Å². The number of piperazine rings is 1. The van der Waals surface area contributed by atoms with Gasteiger partial charge in [0.2, 0.25) is 5.89 Å². The van der Waals surface area contributed by atoms with E-state index in [9.17, 15) is 0 Å². The molecule has 0 aromatic carbocycles. The Labute approximate surface area is 126 Å². The molecule has 1 aromatic heterocycles. The second-order valence-corrected chi connectivity index (χ2v) is 5.29. The van der Waals surface area contributed by atoms with E-state index in [-0.39, 0.29) is 6.04 Å². The van der Waals surface area contributed by atoms with Crippen LogP contribution in [0.5, 0.6) is 0 Å². The summed E-state index contributed by atoms with van der Waals surface area (Å²) in [7, 11) is 2.10. The number of rotatable bonds is 8. The molecule has 0 saturated carbocycles. The third-order valence-electron chi connectivity index (χ3n) is 3.69. The first-order valence-electron chi connectivity index (χ1n) is 7.59. The van der Waals surface area contributed by atoms with Crippen LogP contribution in [0, 0.1) is 6.92 Å². The first kappa shape index (κ1) is 16.4. The highest BCUT2D eigenvalue weighted by atomic mass is 16.5. The second-order valence-electron chi connectivity index (χ2n) is 5.29. The van der Waals surface area contributed by atoms with Crippen LogP contribution < -0.4 is 0 Å². The van der Waals surface area contributed by atoms with Crippen molar-refractivity contribution in [2.24, 2.45) is 0 Å².